The standard InChI is InChI=1S/C39H40N4O8/c44-34(40-32-16-28(32)22-7-3-1-4-8-22)30-20-43(21-31(30)35(45)41-33-17-29(33)23-9-5-2-6-10-23)37(47)25-13-11-24(12-14-25)36(46)42-18-26(38(48)49)15-27(19-42)39(50)51/h1-14,26-33H,15-21H2,(H,40,44)(H,41,45)(H,48,49)(H,50,51)/t26-,27+,28-,29-,30-,31-,32+,33+/m1/s1. The molecule has 2 aliphatic heterocycles. The molecule has 51 heavy (non-hydrogen) atoms. The molecule has 2 heterocycles. The number of hydrogen-bond acceptors (Lipinski definition) is 6. The molecule has 8 atom stereocenters. The first-order chi connectivity index (χ1) is 24.6. The maximum atomic E-state index is 13.8. The summed E-state index contributed by atoms with van der Waals surface area (Å²) in [5.41, 5.74) is 2.74. The van der Waals surface area contributed by atoms with Crippen molar-refractivity contribution in [3.63, 3.8) is 0 Å². The summed E-state index contributed by atoms with van der Waals surface area (Å²) in [6.07, 6.45) is 1.55. The Balaban J connectivity index is 1.03. The minimum absolute atomic E-state index is 0.0409. The number of carbonyl (C=O) groups excluding carboxylic acids is 4. The van der Waals surface area contributed by atoms with Crippen molar-refractivity contribution in [1.82, 2.24) is 20.4 Å². The van der Waals surface area contributed by atoms with Crippen molar-refractivity contribution in [1.29, 1.82) is 0 Å². The van der Waals surface area contributed by atoms with E-state index in [0.29, 0.717) is 0 Å². The van der Waals surface area contributed by atoms with Crippen LogP contribution in [0.1, 0.15) is 62.9 Å². The molecule has 264 valence electrons. The topological polar surface area (TPSA) is 173 Å². The molecule has 4 aliphatic rings. The van der Waals surface area contributed by atoms with Gasteiger partial charge in [-0.25, -0.2) is 0 Å². The fourth-order valence-corrected chi connectivity index (χ4v) is 7.67. The highest BCUT2D eigenvalue weighted by Gasteiger charge is 2.49. The van der Waals surface area contributed by atoms with Gasteiger partial charge < -0.3 is 30.6 Å². The zero-order valence-corrected chi connectivity index (χ0v) is 27.9. The summed E-state index contributed by atoms with van der Waals surface area (Å²) in [5, 5.41) is 25.3. The first kappa shape index (κ1) is 34.0. The van der Waals surface area contributed by atoms with Gasteiger partial charge in [0.2, 0.25) is 11.8 Å². The first-order valence-electron chi connectivity index (χ1n) is 17.4. The second kappa shape index (κ2) is 14.0. The Morgan fingerprint density at radius 2 is 0.882 bits per heavy atom. The van der Waals surface area contributed by atoms with Crippen LogP contribution in [0.15, 0.2) is 84.9 Å². The number of hydrogen-bond donors (Lipinski definition) is 4. The van der Waals surface area contributed by atoms with Crippen LogP contribution in [0.4, 0.5) is 0 Å². The van der Waals surface area contributed by atoms with Crippen molar-refractivity contribution < 1.29 is 39.0 Å². The maximum absolute atomic E-state index is 13.8. The zero-order chi connectivity index (χ0) is 35.8. The normalized spacial score (nSPS) is 28.0. The number of amides is 4. The number of carbonyl (C=O) groups is 6. The molecule has 0 spiro atoms. The molecule has 2 saturated heterocycles. The first-order valence-corrected chi connectivity index (χ1v) is 17.4. The Kier molecular flexibility index (Phi) is 9.33. The number of rotatable bonds is 10. The molecule has 2 saturated carbocycles. The third-order valence-electron chi connectivity index (χ3n) is 10.8. The van der Waals surface area contributed by atoms with Gasteiger partial charge in [-0.3, -0.25) is 28.8 Å². The summed E-state index contributed by atoms with van der Waals surface area (Å²) >= 11 is 0. The fourth-order valence-electron chi connectivity index (χ4n) is 7.67. The van der Waals surface area contributed by atoms with Crippen LogP contribution in [-0.4, -0.2) is 93.8 Å². The molecule has 0 bridgehead atoms. The van der Waals surface area contributed by atoms with Gasteiger partial charge in [0.25, 0.3) is 11.8 Å². The Morgan fingerprint density at radius 3 is 1.25 bits per heavy atom. The van der Waals surface area contributed by atoms with Crippen LogP contribution in [-0.2, 0) is 19.2 Å². The summed E-state index contributed by atoms with van der Waals surface area (Å²) < 4.78 is 0. The predicted octanol–water partition coefficient (Wildman–Crippen LogP) is 2.97. The van der Waals surface area contributed by atoms with Gasteiger partial charge in [-0.2, -0.15) is 0 Å². The lowest BCUT2D eigenvalue weighted by Crippen LogP contribution is -2.48. The second-order valence-electron chi connectivity index (χ2n) is 14.3. The molecule has 7 rings (SSSR count). The molecule has 0 unspecified atom stereocenters. The van der Waals surface area contributed by atoms with Gasteiger partial charge in [0, 0.05) is 61.2 Å². The third-order valence-corrected chi connectivity index (χ3v) is 10.8. The lowest BCUT2D eigenvalue weighted by Gasteiger charge is -2.34. The minimum Gasteiger partial charge on any atom is -0.481 e. The third kappa shape index (κ3) is 7.35. The number of nitrogens with one attached hydrogen (secondary N) is 2. The number of nitrogens with zero attached hydrogens (tertiary/aromatic N) is 2. The number of aliphatic carboxylic acids is 2. The average Bonchev–Trinajstić information content (AvgIpc) is 4.06. The van der Waals surface area contributed by atoms with E-state index in [2.05, 4.69) is 10.6 Å². The summed E-state index contributed by atoms with van der Waals surface area (Å²) in [6, 6.07) is 25.7. The van der Waals surface area contributed by atoms with Crippen molar-refractivity contribution in [2.45, 2.75) is 43.2 Å². The quantitative estimate of drug-likeness (QED) is 0.251. The van der Waals surface area contributed by atoms with Gasteiger partial charge in [0.1, 0.15) is 0 Å². The van der Waals surface area contributed by atoms with Crippen molar-refractivity contribution in [2.24, 2.45) is 23.7 Å². The molecule has 4 amide bonds. The molecule has 2 aliphatic carbocycles. The van der Waals surface area contributed by atoms with Crippen LogP contribution in [0, 0.1) is 23.7 Å². The van der Waals surface area contributed by atoms with Crippen LogP contribution >= 0.6 is 0 Å². The predicted molar refractivity (Wildman–Crippen MR) is 184 cm³/mol. The van der Waals surface area contributed by atoms with E-state index in [1.54, 1.807) is 0 Å². The van der Waals surface area contributed by atoms with Gasteiger partial charge in [-0.1, -0.05) is 60.7 Å². The van der Waals surface area contributed by atoms with Crippen molar-refractivity contribution in [3.8, 4) is 0 Å². The van der Waals surface area contributed by atoms with Crippen molar-refractivity contribution in [2.75, 3.05) is 26.2 Å². The van der Waals surface area contributed by atoms with Crippen molar-refractivity contribution in [3.05, 3.63) is 107 Å². The van der Waals surface area contributed by atoms with E-state index < -0.39 is 41.5 Å². The lowest BCUT2D eigenvalue weighted by atomic mass is 9.89. The average molecular weight is 693 g/mol. The van der Waals surface area contributed by atoms with Gasteiger partial charge >= 0.3 is 11.9 Å². The Morgan fingerprint density at radius 1 is 0.510 bits per heavy atom. The molecule has 4 fully saturated rings. The van der Waals surface area contributed by atoms with E-state index in [9.17, 15) is 39.0 Å². The highest BCUT2D eigenvalue weighted by Crippen LogP contribution is 2.42. The van der Waals surface area contributed by atoms with E-state index in [1.807, 2.05) is 60.7 Å². The highest BCUT2D eigenvalue weighted by atomic mass is 16.4. The van der Waals surface area contributed by atoms with Crippen LogP contribution in [0.3, 0.4) is 0 Å². The fraction of sp³-hybridized carbons (Fsp3) is 0.385. The number of piperidine rings is 1. The van der Waals surface area contributed by atoms with Gasteiger partial charge in [0.15, 0.2) is 0 Å². The highest BCUT2D eigenvalue weighted by molar-refractivity contribution is 5.99. The molecular formula is C39H40N4O8. The number of carboxylic acid groups (broad SMARTS) is 2. The molecule has 0 radical (unpaired) electrons. The van der Waals surface area contributed by atoms with Crippen molar-refractivity contribution >= 4 is 35.6 Å². The number of benzene rings is 3. The van der Waals surface area contributed by atoms with E-state index >= 15 is 0 Å². The van der Waals surface area contributed by atoms with E-state index in [-0.39, 0.29) is 85.4 Å². The second-order valence-corrected chi connectivity index (χ2v) is 14.3. The smallest absolute Gasteiger partial charge is 0.308 e. The summed E-state index contributed by atoms with van der Waals surface area (Å²) in [5.74, 6) is -6.83. The monoisotopic (exact) mass is 692 g/mol. The molecule has 0 aromatic heterocycles. The minimum atomic E-state index is -1.16. The summed E-state index contributed by atoms with van der Waals surface area (Å²) in [4.78, 5) is 80.5. The lowest BCUT2D eigenvalue weighted by molar-refractivity contribution is -0.149. The maximum Gasteiger partial charge on any atom is 0.308 e. The molecule has 3 aromatic rings. The number of likely N-dealkylation sites (tertiary alicyclic amines) is 2. The zero-order valence-electron chi connectivity index (χ0n) is 27.9. The van der Waals surface area contributed by atoms with Crippen LogP contribution < -0.4 is 10.6 Å². The molecular weight excluding hydrogens is 652 g/mol. The van der Waals surface area contributed by atoms with E-state index in [4.69, 9.17) is 0 Å². The largest absolute Gasteiger partial charge is 0.481 e. The van der Waals surface area contributed by atoms with Gasteiger partial charge in [-0.15, -0.1) is 0 Å². The SMILES string of the molecule is O=C(O)[C@@H]1C[C@H](C(=O)O)CN(C(=O)c2ccc(C(=O)N3C[C@@H](C(=O)N[C@H]4C[C@@H]4c4ccccc4)[C@H](C(=O)N[C@H]4C[C@@H]4c4ccccc4)C3)cc2)C1. The Bertz CT molecular complexity index is 1740. The van der Waals surface area contributed by atoms with Crippen LogP contribution in [0.5, 0.6) is 0 Å². The van der Waals surface area contributed by atoms with Gasteiger partial charge in [0.05, 0.1) is 23.7 Å². The van der Waals surface area contributed by atoms with E-state index in [1.165, 1.54) is 34.1 Å². The van der Waals surface area contributed by atoms with Crippen LogP contribution in [0.2, 0.25) is 0 Å². The summed E-state index contributed by atoms with van der Waals surface area (Å²) in [6.45, 7) is -0.113. The van der Waals surface area contributed by atoms with Gasteiger partial charge in [-0.05, 0) is 54.7 Å². The summed E-state index contributed by atoms with van der Waals surface area (Å²) in [7, 11) is 0. The number of carboxylic acids is 2. The molecule has 3 aromatic carbocycles. The molecule has 12 heteroatoms. The Hall–Kier alpha value is -5.52. The Labute approximate surface area is 294 Å². The molecule has 4 N–H and O–H groups in total. The molecule has 12 nitrogen and oxygen atoms in total. The van der Waals surface area contributed by atoms with Crippen LogP contribution in [0.25, 0.3) is 0 Å². The van der Waals surface area contributed by atoms with E-state index in [0.717, 1.165) is 24.0 Å².